The molecule has 4 aromatic rings. The Morgan fingerprint density at radius 3 is 2.41 bits per heavy atom. The van der Waals surface area contributed by atoms with Gasteiger partial charge in [0.2, 0.25) is 0 Å². The van der Waals surface area contributed by atoms with E-state index in [9.17, 15) is 4.79 Å². The van der Waals surface area contributed by atoms with Gasteiger partial charge in [-0.25, -0.2) is 9.97 Å². The Morgan fingerprint density at radius 2 is 1.67 bits per heavy atom. The zero-order valence-electron chi connectivity index (χ0n) is 23.0. The van der Waals surface area contributed by atoms with Crippen LogP contribution in [0, 0.1) is 0 Å². The van der Waals surface area contributed by atoms with Crippen LogP contribution in [-0.2, 0) is 6.54 Å². The van der Waals surface area contributed by atoms with Gasteiger partial charge in [0.1, 0.15) is 17.0 Å². The smallest absolute Gasteiger partial charge is 0.272 e. The molecule has 0 atom stereocenters. The average Bonchev–Trinajstić information content (AvgIpc) is 3.54. The van der Waals surface area contributed by atoms with E-state index in [0.717, 1.165) is 80.8 Å². The summed E-state index contributed by atoms with van der Waals surface area (Å²) < 4.78 is 3.54. The largest absolute Gasteiger partial charge is 0.337 e. The van der Waals surface area contributed by atoms with Gasteiger partial charge >= 0.3 is 0 Å². The van der Waals surface area contributed by atoms with Gasteiger partial charge in [-0.1, -0.05) is 58.7 Å². The monoisotopic (exact) mass is 547 g/mol. The van der Waals surface area contributed by atoms with Crippen molar-refractivity contribution in [2.24, 2.45) is 0 Å². The lowest BCUT2D eigenvalue weighted by molar-refractivity contribution is 0.0745. The van der Waals surface area contributed by atoms with Gasteiger partial charge in [-0.3, -0.25) is 4.79 Å². The van der Waals surface area contributed by atoms with Crippen molar-refractivity contribution >= 4 is 38.5 Å². The summed E-state index contributed by atoms with van der Waals surface area (Å²) in [5, 5.41) is 3.45. The fourth-order valence-electron chi connectivity index (χ4n) is 5.50. The minimum atomic E-state index is 0. The first kappa shape index (κ1) is 29.2. The van der Waals surface area contributed by atoms with Crippen LogP contribution in [0.1, 0.15) is 83.1 Å². The van der Waals surface area contributed by atoms with Crippen molar-refractivity contribution in [1.82, 2.24) is 24.3 Å². The Bertz CT molecular complexity index is 1350. The normalized spacial score (nSPS) is 14.1. The molecule has 0 saturated carbocycles. The molecule has 0 aliphatic carbocycles. The zero-order valence-corrected chi connectivity index (χ0v) is 23.8. The average molecular weight is 548 g/mol. The predicted molar refractivity (Wildman–Crippen MR) is 166 cm³/mol. The molecule has 1 fully saturated rings. The number of hydrogen-bond donors (Lipinski definition) is 0. The third kappa shape index (κ3) is 6.69. The van der Waals surface area contributed by atoms with E-state index >= 15 is 0 Å². The third-order valence-electron chi connectivity index (χ3n) is 7.69. The summed E-state index contributed by atoms with van der Waals surface area (Å²) in [6.07, 6.45) is 9.18. The number of pyridine rings is 1. The van der Waals surface area contributed by atoms with Gasteiger partial charge in [-0.2, -0.15) is 0 Å². The Kier molecular flexibility index (Phi) is 10.5. The molecule has 1 aliphatic heterocycles. The van der Waals surface area contributed by atoms with E-state index in [1.165, 1.54) is 42.4 Å². The highest BCUT2D eigenvalue weighted by atomic mass is 32.1. The van der Waals surface area contributed by atoms with Crippen molar-refractivity contribution in [3.8, 4) is 11.4 Å². The summed E-state index contributed by atoms with van der Waals surface area (Å²) in [6.45, 7) is 10.3. The number of likely N-dealkylation sites (tertiary alicyclic amines) is 1. The molecule has 210 valence electrons. The molecule has 0 spiro atoms. The number of amides is 1. The number of rotatable bonds is 12. The summed E-state index contributed by atoms with van der Waals surface area (Å²) in [7, 11) is 0. The molecular formula is C32H45N5OS. The summed E-state index contributed by atoms with van der Waals surface area (Å²) in [5.41, 5.74) is 3.37. The van der Waals surface area contributed by atoms with E-state index in [1.54, 1.807) is 11.3 Å². The maximum Gasteiger partial charge on any atom is 0.272 e. The standard InChI is InChI=1S/C31H41N5OS.CH4/c1-3-5-20-35(21-6-4-2)31(37)27-16-15-26-30(33-27)36(22-12-19-34-17-10-7-11-18-34)29(32-26)25-23-38-28-14-9-8-13-24(25)28;/h8-9,13-16,23H,3-7,10-12,17-22H2,1-2H3;1H4. The van der Waals surface area contributed by atoms with E-state index in [1.807, 2.05) is 17.0 Å². The second kappa shape index (κ2) is 14.0. The van der Waals surface area contributed by atoms with Gasteiger partial charge < -0.3 is 14.4 Å². The number of carbonyl (C=O) groups is 1. The number of aryl methyl sites for hydroxylation is 1. The molecule has 0 radical (unpaired) electrons. The van der Waals surface area contributed by atoms with Crippen LogP contribution in [0.2, 0.25) is 0 Å². The van der Waals surface area contributed by atoms with Crippen LogP contribution in [0.25, 0.3) is 32.6 Å². The molecule has 1 aliphatic rings. The van der Waals surface area contributed by atoms with Crippen molar-refractivity contribution in [3.63, 3.8) is 0 Å². The Labute approximate surface area is 238 Å². The van der Waals surface area contributed by atoms with E-state index in [2.05, 4.69) is 53.0 Å². The van der Waals surface area contributed by atoms with Gasteiger partial charge in [-0.15, -0.1) is 11.3 Å². The summed E-state index contributed by atoms with van der Waals surface area (Å²) in [5.74, 6) is 0.999. The van der Waals surface area contributed by atoms with Crippen LogP contribution in [0.4, 0.5) is 0 Å². The lowest BCUT2D eigenvalue weighted by Crippen LogP contribution is -2.33. The minimum absolute atomic E-state index is 0. The molecular weight excluding hydrogens is 502 g/mol. The Morgan fingerprint density at radius 1 is 0.923 bits per heavy atom. The van der Waals surface area contributed by atoms with Crippen LogP contribution in [0.5, 0.6) is 0 Å². The van der Waals surface area contributed by atoms with Crippen molar-refractivity contribution < 1.29 is 4.79 Å². The number of fused-ring (bicyclic) bond motifs is 2. The van der Waals surface area contributed by atoms with Gasteiger partial charge in [0, 0.05) is 40.7 Å². The quantitative estimate of drug-likeness (QED) is 0.181. The maximum absolute atomic E-state index is 13.6. The molecule has 3 aromatic heterocycles. The van der Waals surface area contributed by atoms with Gasteiger partial charge in [0.25, 0.3) is 5.91 Å². The zero-order chi connectivity index (χ0) is 26.3. The van der Waals surface area contributed by atoms with Crippen molar-refractivity contribution in [2.75, 3.05) is 32.7 Å². The molecule has 1 aromatic carbocycles. The molecule has 0 N–H and O–H groups in total. The lowest BCUT2D eigenvalue weighted by Gasteiger charge is -2.26. The highest BCUT2D eigenvalue weighted by Gasteiger charge is 2.21. The molecule has 1 saturated heterocycles. The molecule has 6 nitrogen and oxygen atoms in total. The summed E-state index contributed by atoms with van der Waals surface area (Å²) in [4.78, 5) is 28.2. The van der Waals surface area contributed by atoms with Gasteiger partial charge in [0.05, 0.1) is 0 Å². The Hall–Kier alpha value is -2.77. The fraction of sp³-hybridized carbons (Fsp3) is 0.531. The highest BCUT2D eigenvalue weighted by Crippen LogP contribution is 2.35. The number of unbranched alkanes of at least 4 members (excludes halogenated alkanes) is 2. The SMILES string of the molecule is C.CCCCN(CCCC)C(=O)c1ccc2nc(-c3csc4ccccc34)n(CCCN3CCCCC3)c2n1. The summed E-state index contributed by atoms with van der Waals surface area (Å²) in [6, 6.07) is 12.4. The lowest BCUT2D eigenvalue weighted by atomic mass is 10.1. The topological polar surface area (TPSA) is 54.3 Å². The van der Waals surface area contributed by atoms with E-state index in [0.29, 0.717) is 5.69 Å². The van der Waals surface area contributed by atoms with E-state index in [-0.39, 0.29) is 13.3 Å². The molecule has 0 bridgehead atoms. The van der Waals surface area contributed by atoms with Crippen LogP contribution in [0.3, 0.4) is 0 Å². The number of hydrogen-bond acceptors (Lipinski definition) is 5. The second-order valence-corrected chi connectivity index (χ2v) is 11.4. The Balaban J connectivity index is 0.00000353. The van der Waals surface area contributed by atoms with Crippen LogP contribution in [0.15, 0.2) is 41.8 Å². The molecule has 39 heavy (non-hydrogen) atoms. The molecule has 4 heterocycles. The van der Waals surface area contributed by atoms with Crippen molar-refractivity contribution in [2.45, 2.75) is 79.2 Å². The number of imidazole rings is 1. The number of thiophene rings is 1. The number of nitrogens with zero attached hydrogens (tertiary/aromatic N) is 5. The first-order valence-electron chi connectivity index (χ1n) is 14.5. The minimum Gasteiger partial charge on any atom is -0.337 e. The van der Waals surface area contributed by atoms with E-state index < -0.39 is 0 Å². The van der Waals surface area contributed by atoms with Crippen LogP contribution >= 0.6 is 11.3 Å². The number of carbonyl (C=O) groups excluding carboxylic acids is 1. The number of benzene rings is 1. The van der Waals surface area contributed by atoms with E-state index in [4.69, 9.17) is 9.97 Å². The first-order chi connectivity index (χ1) is 18.7. The van der Waals surface area contributed by atoms with Gasteiger partial charge in [-0.05, 0) is 69.9 Å². The summed E-state index contributed by atoms with van der Waals surface area (Å²) >= 11 is 1.76. The molecule has 7 heteroatoms. The first-order valence-corrected chi connectivity index (χ1v) is 15.4. The fourth-order valence-corrected chi connectivity index (χ4v) is 6.44. The van der Waals surface area contributed by atoms with Crippen molar-refractivity contribution in [1.29, 1.82) is 0 Å². The van der Waals surface area contributed by atoms with Crippen LogP contribution in [-0.4, -0.2) is 63.0 Å². The molecule has 0 unspecified atom stereocenters. The predicted octanol–water partition coefficient (Wildman–Crippen LogP) is 7.87. The number of piperidine rings is 1. The molecule has 1 amide bonds. The van der Waals surface area contributed by atoms with Crippen LogP contribution < -0.4 is 0 Å². The van der Waals surface area contributed by atoms with Crippen molar-refractivity contribution in [3.05, 3.63) is 47.5 Å². The third-order valence-corrected chi connectivity index (χ3v) is 8.65. The second-order valence-electron chi connectivity index (χ2n) is 10.5. The number of aromatic nitrogens is 3. The molecule has 5 rings (SSSR count). The van der Waals surface area contributed by atoms with Gasteiger partial charge in [0.15, 0.2) is 5.65 Å². The maximum atomic E-state index is 13.6. The highest BCUT2D eigenvalue weighted by molar-refractivity contribution is 7.17.